The number of hydrazine groups is 1. The van der Waals surface area contributed by atoms with Crippen LogP contribution in [0.4, 0.5) is 20.4 Å². The zero-order chi connectivity index (χ0) is 10.1. The Balaban J connectivity index is 2.38. The molecular weight excluding hydrogens is 190 g/mol. The molecule has 4 nitrogen and oxygen atoms in total. The summed E-state index contributed by atoms with van der Waals surface area (Å²) in [5.74, 6) is 3.63. The monoisotopic (exact) mass is 200 g/mol. The van der Waals surface area contributed by atoms with Gasteiger partial charge in [0.1, 0.15) is 0 Å². The Bertz CT molecular complexity index is 351. The first-order valence-corrected chi connectivity index (χ1v) is 4.30. The van der Waals surface area contributed by atoms with Crippen molar-refractivity contribution >= 4 is 11.6 Å². The van der Waals surface area contributed by atoms with Gasteiger partial charge < -0.3 is 10.3 Å². The van der Waals surface area contributed by atoms with Crippen LogP contribution >= 0.6 is 0 Å². The lowest BCUT2D eigenvalue weighted by atomic mass is 10.2. The standard InChI is InChI=1S/C8H10F2N4/c9-5-4-6(10)8(12-7(5)13-11)14-2-1-3-14/h4H,1-3,11H2,(H,12,13). The number of halogens is 2. The molecule has 1 aliphatic heterocycles. The van der Waals surface area contributed by atoms with Crippen molar-refractivity contribution in [3.63, 3.8) is 0 Å². The van der Waals surface area contributed by atoms with Crippen molar-refractivity contribution in [2.75, 3.05) is 23.4 Å². The Kier molecular flexibility index (Phi) is 2.20. The molecule has 76 valence electrons. The number of hydrogen-bond acceptors (Lipinski definition) is 4. The third-order valence-corrected chi connectivity index (χ3v) is 2.20. The van der Waals surface area contributed by atoms with E-state index < -0.39 is 11.6 Å². The van der Waals surface area contributed by atoms with Crippen LogP contribution in [-0.4, -0.2) is 18.1 Å². The summed E-state index contributed by atoms with van der Waals surface area (Å²) in [5.41, 5.74) is 2.09. The van der Waals surface area contributed by atoms with Gasteiger partial charge in [0, 0.05) is 19.2 Å². The van der Waals surface area contributed by atoms with E-state index in [0.29, 0.717) is 0 Å². The zero-order valence-corrected chi connectivity index (χ0v) is 7.43. The molecule has 0 bridgehead atoms. The van der Waals surface area contributed by atoms with Crippen LogP contribution in [-0.2, 0) is 0 Å². The Morgan fingerprint density at radius 1 is 1.36 bits per heavy atom. The lowest BCUT2D eigenvalue weighted by Crippen LogP contribution is -2.38. The molecule has 6 heteroatoms. The van der Waals surface area contributed by atoms with Gasteiger partial charge in [0.05, 0.1) is 0 Å². The number of nitrogens with two attached hydrogens (primary N) is 1. The summed E-state index contributed by atoms with van der Waals surface area (Å²) in [6.07, 6.45) is 1.00. The lowest BCUT2D eigenvalue weighted by molar-refractivity contribution is 0.544. The molecule has 2 rings (SSSR count). The molecule has 0 saturated carbocycles. The van der Waals surface area contributed by atoms with E-state index in [1.165, 1.54) is 0 Å². The number of nitrogen functional groups attached to an aromatic ring is 1. The van der Waals surface area contributed by atoms with E-state index in [-0.39, 0.29) is 11.6 Å². The van der Waals surface area contributed by atoms with Crippen LogP contribution in [0.5, 0.6) is 0 Å². The second-order valence-corrected chi connectivity index (χ2v) is 3.11. The van der Waals surface area contributed by atoms with Crippen molar-refractivity contribution in [1.82, 2.24) is 4.98 Å². The van der Waals surface area contributed by atoms with E-state index in [1.54, 1.807) is 4.90 Å². The third kappa shape index (κ3) is 1.37. The van der Waals surface area contributed by atoms with E-state index in [4.69, 9.17) is 5.84 Å². The molecule has 3 N–H and O–H groups in total. The third-order valence-electron chi connectivity index (χ3n) is 2.20. The van der Waals surface area contributed by atoms with Crippen molar-refractivity contribution in [3.8, 4) is 0 Å². The Labute approximate surface area is 79.7 Å². The molecule has 1 aliphatic rings. The zero-order valence-electron chi connectivity index (χ0n) is 7.43. The second kappa shape index (κ2) is 3.38. The highest BCUT2D eigenvalue weighted by molar-refractivity contribution is 5.49. The summed E-state index contributed by atoms with van der Waals surface area (Å²) in [6.45, 7) is 1.50. The van der Waals surface area contributed by atoms with Crippen LogP contribution in [0.25, 0.3) is 0 Å². The minimum Gasteiger partial charge on any atom is -0.354 e. The summed E-state index contributed by atoms with van der Waals surface area (Å²) < 4.78 is 26.2. The summed E-state index contributed by atoms with van der Waals surface area (Å²) >= 11 is 0. The molecule has 1 aromatic heterocycles. The van der Waals surface area contributed by atoms with Gasteiger partial charge in [-0.2, -0.15) is 0 Å². The number of pyridine rings is 1. The number of nitrogens with one attached hydrogen (secondary N) is 1. The maximum atomic E-state index is 13.2. The van der Waals surface area contributed by atoms with E-state index in [0.717, 1.165) is 25.6 Å². The number of nitrogens with zero attached hydrogens (tertiary/aromatic N) is 2. The fraction of sp³-hybridized carbons (Fsp3) is 0.375. The summed E-state index contributed by atoms with van der Waals surface area (Å²) in [7, 11) is 0. The second-order valence-electron chi connectivity index (χ2n) is 3.11. The first kappa shape index (κ1) is 9.14. The minimum atomic E-state index is -0.783. The highest BCUT2D eigenvalue weighted by Crippen LogP contribution is 2.24. The molecule has 0 amide bonds. The maximum Gasteiger partial charge on any atom is 0.178 e. The van der Waals surface area contributed by atoms with Gasteiger partial charge in [-0.15, -0.1) is 0 Å². The predicted molar refractivity (Wildman–Crippen MR) is 48.8 cm³/mol. The van der Waals surface area contributed by atoms with Crippen molar-refractivity contribution in [2.24, 2.45) is 5.84 Å². The molecule has 0 aliphatic carbocycles. The summed E-state index contributed by atoms with van der Waals surface area (Å²) in [4.78, 5) is 5.48. The molecule has 1 aromatic rings. The highest BCUT2D eigenvalue weighted by atomic mass is 19.1. The van der Waals surface area contributed by atoms with Crippen LogP contribution in [0.3, 0.4) is 0 Å². The van der Waals surface area contributed by atoms with Crippen LogP contribution < -0.4 is 16.2 Å². The fourth-order valence-corrected chi connectivity index (χ4v) is 1.31. The molecule has 1 fully saturated rings. The number of rotatable bonds is 2. The lowest BCUT2D eigenvalue weighted by Gasteiger charge is -2.32. The van der Waals surface area contributed by atoms with Crippen LogP contribution in [0.15, 0.2) is 6.07 Å². The Hall–Kier alpha value is -1.43. The summed E-state index contributed by atoms with van der Waals surface area (Å²) in [5, 5.41) is 0. The smallest absolute Gasteiger partial charge is 0.178 e. The van der Waals surface area contributed by atoms with Crippen LogP contribution in [0, 0.1) is 11.6 Å². The van der Waals surface area contributed by atoms with E-state index in [2.05, 4.69) is 10.4 Å². The topological polar surface area (TPSA) is 54.2 Å². The quantitative estimate of drug-likeness (QED) is 0.549. The average molecular weight is 200 g/mol. The SMILES string of the molecule is NNc1nc(N2CCC2)c(F)cc1F. The minimum absolute atomic E-state index is 0.131. The highest BCUT2D eigenvalue weighted by Gasteiger charge is 2.21. The van der Waals surface area contributed by atoms with Crippen molar-refractivity contribution in [3.05, 3.63) is 17.7 Å². The van der Waals surface area contributed by atoms with Crippen LogP contribution in [0.2, 0.25) is 0 Å². The molecule has 0 spiro atoms. The molecule has 0 atom stereocenters. The van der Waals surface area contributed by atoms with Gasteiger partial charge >= 0.3 is 0 Å². The van der Waals surface area contributed by atoms with Gasteiger partial charge in [0.2, 0.25) is 0 Å². The largest absolute Gasteiger partial charge is 0.354 e. The first-order chi connectivity index (χ1) is 6.72. The molecule has 0 aromatic carbocycles. The van der Waals surface area contributed by atoms with Gasteiger partial charge in [-0.25, -0.2) is 19.6 Å². The Morgan fingerprint density at radius 3 is 2.57 bits per heavy atom. The summed E-state index contributed by atoms with van der Waals surface area (Å²) in [6, 6.07) is 0.788. The first-order valence-electron chi connectivity index (χ1n) is 4.30. The van der Waals surface area contributed by atoms with E-state index in [9.17, 15) is 8.78 Å². The number of anilines is 2. The van der Waals surface area contributed by atoms with Gasteiger partial charge in [-0.3, -0.25) is 0 Å². The van der Waals surface area contributed by atoms with Crippen molar-refractivity contribution in [2.45, 2.75) is 6.42 Å². The normalized spacial score (nSPS) is 15.2. The van der Waals surface area contributed by atoms with Gasteiger partial charge in [-0.1, -0.05) is 0 Å². The molecule has 0 unspecified atom stereocenters. The predicted octanol–water partition coefficient (Wildman–Crippen LogP) is 0.855. The van der Waals surface area contributed by atoms with Crippen molar-refractivity contribution in [1.29, 1.82) is 0 Å². The molecule has 0 radical (unpaired) electrons. The van der Waals surface area contributed by atoms with Gasteiger partial charge in [0.25, 0.3) is 0 Å². The number of aromatic nitrogens is 1. The van der Waals surface area contributed by atoms with Crippen LogP contribution in [0.1, 0.15) is 6.42 Å². The van der Waals surface area contributed by atoms with E-state index in [1.807, 2.05) is 0 Å². The molecule has 2 heterocycles. The van der Waals surface area contributed by atoms with Crippen molar-refractivity contribution < 1.29 is 8.78 Å². The average Bonchev–Trinajstić information content (AvgIpc) is 2.06. The molecular formula is C8H10F2N4. The van der Waals surface area contributed by atoms with E-state index >= 15 is 0 Å². The molecule has 14 heavy (non-hydrogen) atoms. The maximum absolute atomic E-state index is 13.2. The number of hydrogen-bond donors (Lipinski definition) is 2. The van der Waals surface area contributed by atoms with Gasteiger partial charge in [0.15, 0.2) is 23.3 Å². The Morgan fingerprint density at radius 2 is 2.07 bits per heavy atom. The molecule has 1 saturated heterocycles. The fourth-order valence-electron chi connectivity index (χ4n) is 1.31. The van der Waals surface area contributed by atoms with Gasteiger partial charge in [-0.05, 0) is 6.42 Å².